The molecule has 0 atom stereocenters. The van der Waals surface area contributed by atoms with Crippen molar-refractivity contribution in [3.63, 3.8) is 0 Å². The quantitative estimate of drug-likeness (QED) is 0.608. The predicted octanol–water partition coefficient (Wildman–Crippen LogP) is 3.26. The molecule has 1 aromatic heterocycles. The fourth-order valence-corrected chi connectivity index (χ4v) is 4.53. The molecular weight excluding hydrogens is 408 g/mol. The summed E-state index contributed by atoms with van der Waals surface area (Å²) >= 11 is 0. The molecule has 3 heterocycles. The summed E-state index contributed by atoms with van der Waals surface area (Å²) in [6, 6.07) is 11.2. The second kappa shape index (κ2) is 8.94. The predicted molar refractivity (Wildman–Crippen MR) is 122 cm³/mol. The number of methoxy groups -OCH3 is 1. The first-order valence-electron chi connectivity index (χ1n) is 11.0. The minimum Gasteiger partial charge on any atom is -0.496 e. The number of hydrogen-bond acceptors (Lipinski definition) is 7. The van der Waals surface area contributed by atoms with Crippen LogP contribution in [0.25, 0.3) is 22.1 Å². The smallest absolute Gasteiger partial charge is 0.200 e. The number of ether oxygens (including phenoxy) is 3. The van der Waals surface area contributed by atoms with Gasteiger partial charge in [-0.1, -0.05) is 18.2 Å². The van der Waals surface area contributed by atoms with Crippen molar-refractivity contribution in [2.75, 3.05) is 53.2 Å². The molecule has 0 unspecified atom stereocenters. The monoisotopic (exact) mass is 436 g/mol. The Hall–Kier alpha value is -2.87. The van der Waals surface area contributed by atoms with Gasteiger partial charge < -0.3 is 18.6 Å². The first-order valence-corrected chi connectivity index (χ1v) is 11.0. The van der Waals surface area contributed by atoms with Gasteiger partial charge in [-0.15, -0.1) is 0 Å². The number of fused-ring (bicyclic) bond motifs is 3. The molecular formula is C25H28N2O5. The fraction of sp³-hybridized carbons (Fsp3) is 0.400. The van der Waals surface area contributed by atoms with Crippen LogP contribution < -0.4 is 14.9 Å². The maximum absolute atomic E-state index is 13.5. The summed E-state index contributed by atoms with van der Waals surface area (Å²) in [6.45, 7) is 8.43. The Morgan fingerprint density at radius 3 is 2.62 bits per heavy atom. The molecule has 1 saturated heterocycles. The van der Waals surface area contributed by atoms with Crippen LogP contribution in [0.4, 0.5) is 0 Å². The third-order valence-corrected chi connectivity index (χ3v) is 6.29. The van der Waals surface area contributed by atoms with Gasteiger partial charge in [-0.2, -0.15) is 0 Å². The van der Waals surface area contributed by atoms with E-state index in [1.807, 2.05) is 43.3 Å². The van der Waals surface area contributed by atoms with Gasteiger partial charge in [0, 0.05) is 38.3 Å². The van der Waals surface area contributed by atoms with Crippen molar-refractivity contribution in [3.8, 4) is 22.6 Å². The van der Waals surface area contributed by atoms with E-state index in [1.54, 1.807) is 7.11 Å². The van der Waals surface area contributed by atoms with Crippen LogP contribution in [-0.4, -0.2) is 63.0 Å². The molecule has 0 radical (unpaired) electrons. The normalized spacial score (nSPS) is 17.2. The van der Waals surface area contributed by atoms with Gasteiger partial charge >= 0.3 is 0 Å². The van der Waals surface area contributed by atoms with Gasteiger partial charge in [0.25, 0.3) is 0 Å². The first kappa shape index (κ1) is 21.0. The van der Waals surface area contributed by atoms with Crippen LogP contribution in [0.15, 0.2) is 45.6 Å². The Morgan fingerprint density at radius 1 is 1.03 bits per heavy atom. The number of rotatable bonds is 5. The molecule has 0 N–H and O–H groups in total. The van der Waals surface area contributed by atoms with Gasteiger partial charge in [0.2, 0.25) is 5.43 Å². The van der Waals surface area contributed by atoms with E-state index in [-0.39, 0.29) is 5.43 Å². The van der Waals surface area contributed by atoms with Gasteiger partial charge in [-0.05, 0) is 25.1 Å². The first-order chi connectivity index (χ1) is 15.7. The van der Waals surface area contributed by atoms with Gasteiger partial charge in [0.1, 0.15) is 29.6 Å². The van der Waals surface area contributed by atoms with Crippen molar-refractivity contribution < 1.29 is 18.6 Å². The van der Waals surface area contributed by atoms with Crippen LogP contribution in [-0.2, 0) is 11.3 Å². The lowest BCUT2D eigenvalue weighted by Crippen LogP contribution is -2.43. The Kier molecular flexibility index (Phi) is 5.87. The molecule has 2 aromatic carbocycles. The largest absolute Gasteiger partial charge is 0.496 e. The molecule has 168 valence electrons. The number of para-hydroxylation sites is 1. The highest BCUT2D eigenvalue weighted by Crippen LogP contribution is 2.35. The molecule has 0 amide bonds. The molecule has 0 spiro atoms. The number of benzene rings is 2. The molecule has 32 heavy (non-hydrogen) atoms. The topological polar surface area (TPSA) is 64.4 Å². The summed E-state index contributed by atoms with van der Waals surface area (Å²) in [6.07, 6.45) is 0. The third kappa shape index (κ3) is 3.88. The van der Waals surface area contributed by atoms with Gasteiger partial charge in [0.05, 0.1) is 36.8 Å². The van der Waals surface area contributed by atoms with Crippen molar-refractivity contribution in [2.45, 2.75) is 13.5 Å². The van der Waals surface area contributed by atoms with Crippen LogP contribution >= 0.6 is 0 Å². The molecule has 3 aromatic rings. The minimum atomic E-state index is -0.0542. The third-order valence-electron chi connectivity index (χ3n) is 6.29. The maximum atomic E-state index is 13.5. The lowest BCUT2D eigenvalue weighted by atomic mass is 10.00. The molecule has 0 saturated carbocycles. The summed E-state index contributed by atoms with van der Waals surface area (Å²) in [5, 5.41) is 0.564. The second-order valence-electron chi connectivity index (χ2n) is 8.26. The Morgan fingerprint density at radius 2 is 1.81 bits per heavy atom. The highest BCUT2D eigenvalue weighted by Gasteiger charge is 2.25. The van der Waals surface area contributed by atoms with Crippen molar-refractivity contribution in [1.29, 1.82) is 0 Å². The molecule has 5 rings (SSSR count). The Labute approximate surface area is 187 Å². The van der Waals surface area contributed by atoms with Gasteiger partial charge in [-0.3, -0.25) is 14.6 Å². The summed E-state index contributed by atoms with van der Waals surface area (Å²) in [7, 11) is 1.61. The van der Waals surface area contributed by atoms with Crippen molar-refractivity contribution >= 4 is 11.0 Å². The van der Waals surface area contributed by atoms with Gasteiger partial charge in [-0.25, -0.2) is 0 Å². The highest BCUT2D eigenvalue weighted by molar-refractivity contribution is 5.87. The molecule has 2 aliphatic rings. The van der Waals surface area contributed by atoms with Crippen LogP contribution in [0.1, 0.15) is 11.3 Å². The SMILES string of the molecule is COc1ccccc1-c1c(C)oc2c3c(ccc2c1=O)OCN(CCN1CCOCC1)C3. The number of nitrogens with zero attached hydrogens (tertiary/aromatic N) is 2. The number of aryl methyl sites for hydroxylation is 1. The van der Waals surface area contributed by atoms with E-state index < -0.39 is 0 Å². The molecule has 7 nitrogen and oxygen atoms in total. The van der Waals surface area contributed by atoms with Crippen LogP contribution in [0.5, 0.6) is 11.5 Å². The zero-order chi connectivity index (χ0) is 22.1. The van der Waals surface area contributed by atoms with E-state index in [0.717, 1.165) is 56.3 Å². The zero-order valence-corrected chi connectivity index (χ0v) is 18.6. The zero-order valence-electron chi connectivity index (χ0n) is 18.6. The fourth-order valence-electron chi connectivity index (χ4n) is 4.53. The van der Waals surface area contributed by atoms with E-state index >= 15 is 0 Å². The Balaban J connectivity index is 1.48. The lowest BCUT2D eigenvalue weighted by molar-refractivity contribution is 0.0241. The summed E-state index contributed by atoms with van der Waals surface area (Å²) in [5.41, 5.74) is 2.77. The van der Waals surface area contributed by atoms with E-state index in [2.05, 4.69) is 9.80 Å². The molecule has 0 bridgehead atoms. The van der Waals surface area contributed by atoms with E-state index in [4.69, 9.17) is 18.6 Å². The van der Waals surface area contributed by atoms with E-state index in [1.165, 1.54) is 0 Å². The molecule has 0 aliphatic carbocycles. The minimum absolute atomic E-state index is 0.0542. The number of hydrogen-bond donors (Lipinski definition) is 0. The van der Waals surface area contributed by atoms with Crippen molar-refractivity contribution in [1.82, 2.24) is 9.80 Å². The van der Waals surface area contributed by atoms with Crippen molar-refractivity contribution in [2.24, 2.45) is 0 Å². The summed E-state index contributed by atoms with van der Waals surface area (Å²) in [4.78, 5) is 18.2. The van der Waals surface area contributed by atoms with Crippen LogP contribution in [0.3, 0.4) is 0 Å². The Bertz CT molecular complexity index is 1180. The second-order valence-corrected chi connectivity index (χ2v) is 8.26. The van der Waals surface area contributed by atoms with E-state index in [9.17, 15) is 4.79 Å². The molecule has 7 heteroatoms. The molecule has 1 fully saturated rings. The maximum Gasteiger partial charge on any atom is 0.200 e. The molecule has 2 aliphatic heterocycles. The van der Waals surface area contributed by atoms with Crippen LogP contribution in [0, 0.1) is 6.92 Å². The summed E-state index contributed by atoms with van der Waals surface area (Å²) in [5.74, 6) is 2.01. The van der Waals surface area contributed by atoms with E-state index in [0.29, 0.717) is 41.3 Å². The van der Waals surface area contributed by atoms with Gasteiger partial charge in [0.15, 0.2) is 0 Å². The van der Waals surface area contributed by atoms with Crippen LogP contribution in [0.2, 0.25) is 0 Å². The lowest BCUT2D eigenvalue weighted by Gasteiger charge is -2.32. The number of morpholine rings is 1. The van der Waals surface area contributed by atoms with Crippen molar-refractivity contribution in [3.05, 3.63) is 57.9 Å². The summed E-state index contributed by atoms with van der Waals surface area (Å²) < 4.78 is 23.2. The highest BCUT2D eigenvalue weighted by atomic mass is 16.5. The average molecular weight is 437 g/mol. The average Bonchev–Trinajstić information content (AvgIpc) is 2.83. The standard InChI is InChI=1S/C25H28N2O5/c1-17-23(18-5-3-4-6-21(18)29-2)24(28)19-7-8-22-20(25(19)32-17)15-27(16-31-22)10-9-26-11-13-30-14-12-26/h3-8H,9-16H2,1-2H3.